The highest BCUT2D eigenvalue weighted by atomic mass is 15.2. The molecule has 0 amide bonds. The zero-order chi connectivity index (χ0) is 12.1. The van der Waals surface area contributed by atoms with Crippen molar-refractivity contribution < 1.29 is 0 Å². The van der Waals surface area contributed by atoms with Crippen LogP contribution in [0.15, 0.2) is 18.2 Å². The van der Waals surface area contributed by atoms with Crippen molar-refractivity contribution in [1.82, 2.24) is 5.43 Å². The van der Waals surface area contributed by atoms with E-state index in [-0.39, 0.29) is 0 Å². The third kappa shape index (κ3) is 3.62. The number of aryl methyl sites for hydroxylation is 2. The van der Waals surface area contributed by atoms with Crippen LogP contribution in [0.5, 0.6) is 0 Å². The molecular formula is C14H24N2. The van der Waals surface area contributed by atoms with E-state index in [1.54, 1.807) is 0 Å². The predicted octanol–water partition coefficient (Wildman–Crippen LogP) is 2.72. The molecule has 1 aromatic carbocycles. The Morgan fingerprint density at radius 2 is 1.75 bits per heavy atom. The van der Waals surface area contributed by atoms with E-state index in [1.807, 2.05) is 0 Å². The summed E-state index contributed by atoms with van der Waals surface area (Å²) < 4.78 is 0. The van der Waals surface area contributed by atoms with Gasteiger partial charge in [-0.1, -0.05) is 49.6 Å². The van der Waals surface area contributed by atoms with Gasteiger partial charge in [-0.05, 0) is 31.7 Å². The predicted molar refractivity (Wildman–Crippen MR) is 70.2 cm³/mol. The molecule has 0 aliphatic carbocycles. The SMILES string of the molecule is CCC(C)C(Cc1cc(C)cc(C)c1)NN. The van der Waals surface area contributed by atoms with E-state index in [1.165, 1.54) is 16.7 Å². The van der Waals surface area contributed by atoms with Crippen LogP contribution in [0.2, 0.25) is 0 Å². The monoisotopic (exact) mass is 220 g/mol. The zero-order valence-electron chi connectivity index (χ0n) is 10.9. The first kappa shape index (κ1) is 13.2. The number of nitrogens with two attached hydrogens (primary N) is 1. The second-order valence-electron chi connectivity index (χ2n) is 4.86. The molecule has 90 valence electrons. The average Bonchev–Trinajstić information content (AvgIpc) is 2.23. The quantitative estimate of drug-likeness (QED) is 0.591. The molecule has 0 saturated carbocycles. The first-order chi connectivity index (χ1) is 7.56. The number of benzene rings is 1. The number of hydrogen-bond donors (Lipinski definition) is 2. The van der Waals surface area contributed by atoms with E-state index in [9.17, 15) is 0 Å². The van der Waals surface area contributed by atoms with Crippen molar-refractivity contribution in [3.05, 3.63) is 34.9 Å². The lowest BCUT2D eigenvalue weighted by molar-refractivity contribution is 0.370. The molecule has 1 rings (SSSR count). The normalized spacial score (nSPS) is 14.8. The Hall–Kier alpha value is -0.860. The maximum Gasteiger partial charge on any atom is 0.0276 e. The van der Waals surface area contributed by atoms with E-state index in [2.05, 4.69) is 51.3 Å². The topological polar surface area (TPSA) is 38.0 Å². The van der Waals surface area contributed by atoms with Gasteiger partial charge in [0.2, 0.25) is 0 Å². The number of rotatable bonds is 5. The van der Waals surface area contributed by atoms with E-state index >= 15 is 0 Å². The van der Waals surface area contributed by atoms with E-state index < -0.39 is 0 Å². The summed E-state index contributed by atoms with van der Waals surface area (Å²) in [5, 5.41) is 0. The number of nitrogens with one attached hydrogen (secondary N) is 1. The molecule has 0 heterocycles. The van der Waals surface area contributed by atoms with Gasteiger partial charge >= 0.3 is 0 Å². The van der Waals surface area contributed by atoms with Crippen LogP contribution in [0.4, 0.5) is 0 Å². The summed E-state index contributed by atoms with van der Waals surface area (Å²) in [6, 6.07) is 7.07. The van der Waals surface area contributed by atoms with E-state index in [0.29, 0.717) is 12.0 Å². The summed E-state index contributed by atoms with van der Waals surface area (Å²) in [5.74, 6) is 6.23. The minimum atomic E-state index is 0.367. The molecule has 0 fully saturated rings. The Kier molecular flexibility index (Phi) is 4.97. The Morgan fingerprint density at radius 3 is 2.19 bits per heavy atom. The number of hydrogen-bond acceptors (Lipinski definition) is 2. The molecule has 0 spiro atoms. The molecule has 1 aromatic rings. The van der Waals surface area contributed by atoms with E-state index in [4.69, 9.17) is 5.84 Å². The van der Waals surface area contributed by atoms with Crippen LogP contribution in [-0.2, 0) is 6.42 Å². The summed E-state index contributed by atoms with van der Waals surface area (Å²) in [6.07, 6.45) is 2.16. The maximum absolute atomic E-state index is 5.62. The summed E-state index contributed by atoms with van der Waals surface area (Å²) >= 11 is 0. The largest absolute Gasteiger partial charge is 0.271 e. The van der Waals surface area contributed by atoms with Gasteiger partial charge < -0.3 is 0 Å². The third-order valence-corrected chi connectivity index (χ3v) is 3.28. The van der Waals surface area contributed by atoms with Gasteiger partial charge in [0.1, 0.15) is 0 Å². The summed E-state index contributed by atoms with van der Waals surface area (Å²) in [6.45, 7) is 8.74. The van der Waals surface area contributed by atoms with Crippen molar-refractivity contribution in [1.29, 1.82) is 0 Å². The summed E-state index contributed by atoms with van der Waals surface area (Å²) in [7, 11) is 0. The molecule has 0 aliphatic rings. The molecule has 0 bridgehead atoms. The molecule has 0 aromatic heterocycles. The Labute approximate surface area is 99.2 Å². The molecule has 0 radical (unpaired) electrons. The number of hydrazine groups is 1. The van der Waals surface area contributed by atoms with Crippen molar-refractivity contribution in [3.8, 4) is 0 Å². The van der Waals surface area contributed by atoms with Crippen molar-refractivity contribution in [2.75, 3.05) is 0 Å². The molecular weight excluding hydrogens is 196 g/mol. The summed E-state index contributed by atoms with van der Waals surface area (Å²) in [4.78, 5) is 0. The molecule has 3 N–H and O–H groups in total. The average molecular weight is 220 g/mol. The van der Waals surface area contributed by atoms with Crippen molar-refractivity contribution in [3.63, 3.8) is 0 Å². The molecule has 0 saturated heterocycles. The standard InChI is InChI=1S/C14H24N2/c1-5-12(4)14(16-15)9-13-7-10(2)6-11(3)8-13/h6-8,12,14,16H,5,9,15H2,1-4H3. The summed E-state index contributed by atoms with van der Waals surface area (Å²) in [5.41, 5.74) is 6.97. The Morgan fingerprint density at radius 1 is 1.19 bits per heavy atom. The van der Waals surface area contributed by atoms with Crippen molar-refractivity contribution in [2.45, 2.75) is 46.6 Å². The lowest BCUT2D eigenvalue weighted by Gasteiger charge is -2.22. The van der Waals surface area contributed by atoms with Gasteiger partial charge in [-0.25, -0.2) is 0 Å². The van der Waals surface area contributed by atoms with Crippen LogP contribution in [0.25, 0.3) is 0 Å². The smallest absolute Gasteiger partial charge is 0.0276 e. The third-order valence-electron chi connectivity index (χ3n) is 3.28. The second-order valence-corrected chi connectivity index (χ2v) is 4.86. The first-order valence-corrected chi connectivity index (χ1v) is 6.10. The van der Waals surface area contributed by atoms with Crippen molar-refractivity contribution in [2.24, 2.45) is 11.8 Å². The van der Waals surface area contributed by atoms with Gasteiger partial charge in [-0.2, -0.15) is 0 Å². The first-order valence-electron chi connectivity index (χ1n) is 6.10. The lowest BCUT2D eigenvalue weighted by atomic mass is 9.92. The fraction of sp³-hybridized carbons (Fsp3) is 0.571. The fourth-order valence-corrected chi connectivity index (χ4v) is 2.15. The molecule has 2 atom stereocenters. The van der Waals surface area contributed by atoms with Gasteiger partial charge in [-0.15, -0.1) is 0 Å². The molecule has 2 heteroatoms. The second kappa shape index (κ2) is 6.02. The van der Waals surface area contributed by atoms with Crippen LogP contribution in [-0.4, -0.2) is 6.04 Å². The van der Waals surface area contributed by atoms with Crippen LogP contribution in [0.3, 0.4) is 0 Å². The van der Waals surface area contributed by atoms with Gasteiger partial charge in [0.15, 0.2) is 0 Å². The zero-order valence-corrected chi connectivity index (χ0v) is 10.9. The van der Waals surface area contributed by atoms with Crippen LogP contribution >= 0.6 is 0 Å². The lowest BCUT2D eigenvalue weighted by Crippen LogP contribution is -2.41. The van der Waals surface area contributed by atoms with Gasteiger partial charge in [-0.3, -0.25) is 11.3 Å². The Bertz CT molecular complexity index is 313. The highest BCUT2D eigenvalue weighted by Gasteiger charge is 2.14. The highest BCUT2D eigenvalue weighted by Crippen LogP contribution is 2.15. The van der Waals surface area contributed by atoms with E-state index in [0.717, 1.165) is 12.8 Å². The highest BCUT2D eigenvalue weighted by molar-refractivity contribution is 5.29. The molecule has 2 nitrogen and oxygen atoms in total. The fourth-order valence-electron chi connectivity index (χ4n) is 2.15. The van der Waals surface area contributed by atoms with Crippen LogP contribution in [0, 0.1) is 19.8 Å². The van der Waals surface area contributed by atoms with Gasteiger partial charge in [0.25, 0.3) is 0 Å². The molecule has 2 unspecified atom stereocenters. The van der Waals surface area contributed by atoms with Gasteiger partial charge in [0.05, 0.1) is 0 Å². The molecule has 0 aliphatic heterocycles. The Balaban J connectivity index is 2.77. The van der Waals surface area contributed by atoms with Crippen LogP contribution in [0.1, 0.15) is 37.0 Å². The van der Waals surface area contributed by atoms with Crippen molar-refractivity contribution >= 4 is 0 Å². The minimum Gasteiger partial charge on any atom is -0.271 e. The maximum atomic E-state index is 5.62. The minimum absolute atomic E-state index is 0.367. The molecule has 16 heavy (non-hydrogen) atoms. The van der Waals surface area contributed by atoms with Gasteiger partial charge in [0, 0.05) is 6.04 Å². The van der Waals surface area contributed by atoms with Crippen LogP contribution < -0.4 is 11.3 Å².